The van der Waals surface area contributed by atoms with Crippen molar-refractivity contribution in [1.82, 2.24) is 15.0 Å². The predicted molar refractivity (Wildman–Crippen MR) is 248 cm³/mol. The summed E-state index contributed by atoms with van der Waals surface area (Å²) in [6.45, 7) is 0. The average molecular weight is 786 g/mol. The maximum atomic E-state index is 6.99. The smallest absolute Gasteiger partial charge is 0.164 e. The lowest BCUT2D eigenvalue weighted by Gasteiger charge is -2.28. The molecular weight excluding hydrogens is 751 g/mol. The van der Waals surface area contributed by atoms with Gasteiger partial charge < -0.3 is 4.74 Å². The van der Waals surface area contributed by atoms with Gasteiger partial charge in [0.15, 0.2) is 17.5 Å². The van der Waals surface area contributed by atoms with Gasteiger partial charge in [-0.1, -0.05) is 182 Å². The van der Waals surface area contributed by atoms with Crippen molar-refractivity contribution in [3.63, 3.8) is 0 Å². The number of ether oxygens (including phenoxy) is 1. The molecule has 0 spiro atoms. The fourth-order valence-electron chi connectivity index (χ4n) is 9.20. The van der Waals surface area contributed by atoms with Crippen molar-refractivity contribution in [2.24, 2.45) is 0 Å². The maximum Gasteiger partial charge on any atom is 0.164 e. The van der Waals surface area contributed by atoms with Gasteiger partial charge >= 0.3 is 0 Å². The van der Waals surface area contributed by atoms with Crippen LogP contribution in [0, 0.1) is 0 Å². The van der Waals surface area contributed by atoms with E-state index in [1.165, 1.54) is 47.6 Å². The normalized spacial score (nSPS) is 15.7. The number of nitrogens with zero attached hydrogens (tertiary/aromatic N) is 3. The van der Waals surface area contributed by atoms with Gasteiger partial charge in [0.05, 0.1) is 5.92 Å². The third kappa shape index (κ3) is 5.70. The highest BCUT2D eigenvalue weighted by Crippen LogP contribution is 2.52. The first kappa shape index (κ1) is 34.6. The molecule has 12 rings (SSSR count). The van der Waals surface area contributed by atoms with E-state index in [0.29, 0.717) is 17.5 Å². The second-order valence-corrected chi connectivity index (χ2v) is 16.5. The second kappa shape index (κ2) is 14.1. The summed E-state index contributed by atoms with van der Waals surface area (Å²) in [7, 11) is 0. The van der Waals surface area contributed by atoms with Crippen LogP contribution in [0.1, 0.15) is 22.9 Å². The van der Waals surface area contributed by atoms with Crippen LogP contribution in [0.3, 0.4) is 0 Å². The van der Waals surface area contributed by atoms with Gasteiger partial charge in [0.25, 0.3) is 0 Å². The second-order valence-electron chi connectivity index (χ2n) is 15.4. The number of fused-ring (bicyclic) bond motifs is 7. The molecule has 8 aromatic carbocycles. The van der Waals surface area contributed by atoms with Gasteiger partial charge in [0.2, 0.25) is 0 Å². The third-order valence-corrected chi connectivity index (χ3v) is 13.1. The number of allylic oxidation sites excluding steroid dienone is 2. The van der Waals surface area contributed by atoms with Crippen molar-refractivity contribution in [3.8, 4) is 50.8 Å². The third-order valence-electron chi connectivity index (χ3n) is 12.0. The number of thiophene rings is 1. The summed E-state index contributed by atoms with van der Waals surface area (Å²) in [4.78, 5) is 16.0. The van der Waals surface area contributed by atoms with E-state index in [1.54, 1.807) is 11.3 Å². The molecule has 3 heterocycles. The van der Waals surface area contributed by atoms with Crippen LogP contribution in [-0.2, 0) is 0 Å². The molecule has 0 amide bonds. The fourth-order valence-corrected chi connectivity index (χ4v) is 10.3. The predicted octanol–water partition coefficient (Wildman–Crippen LogP) is 14.1. The van der Waals surface area contributed by atoms with Gasteiger partial charge in [0, 0.05) is 48.0 Å². The molecule has 0 saturated heterocycles. The topological polar surface area (TPSA) is 47.9 Å². The van der Waals surface area contributed by atoms with E-state index >= 15 is 0 Å². The first-order valence-corrected chi connectivity index (χ1v) is 21.1. The standard InChI is InChI=1S/C55H35N3OS/c1-3-14-34(15-4-1)35-26-28-37(29-27-35)53-56-54(45-22-13-25-49-50(45)44-21-10-12-24-48(44)60-49)58-55(57-53)46-33-32-42(52-51(46)43-20-9-11-23-47(43)59-52)41-31-30-38(36-16-5-2-6-17-36)39-18-7-8-19-40(39)41/h1-33,51-52H. The zero-order valence-electron chi connectivity index (χ0n) is 32.4. The number of benzene rings is 8. The number of para-hydroxylation sites is 1. The Morgan fingerprint density at radius 3 is 1.78 bits per heavy atom. The first-order chi connectivity index (χ1) is 29.7. The van der Waals surface area contributed by atoms with Gasteiger partial charge in [-0.05, 0) is 56.8 Å². The Hall–Kier alpha value is -7.47. The fraction of sp³-hybridized carbons (Fsp3) is 0.0364. The van der Waals surface area contributed by atoms with Gasteiger partial charge in [0.1, 0.15) is 11.9 Å². The molecule has 4 nitrogen and oxygen atoms in total. The van der Waals surface area contributed by atoms with Crippen LogP contribution in [0.2, 0.25) is 0 Å². The number of aromatic nitrogens is 3. The Balaban J connectivity index is 1.06. The maximum absolute atomic E-state index is 6.99. The monoisotopic (exact) mass is 785 g/mol. The Morgan fingerprint density at radius 2 is 0.967 bits per heavy atom. The Kier molecular flexibility index (Phi) is 8.13. The van der Waals surface area contributed by atoms with Crippen molar-refractivity contribution in [1.29, 1.82) is 0 Å². The summed E-state index contributed by atoms with van der Waals surface area (Å²) in [6, 6.07) is 66.4. The molecule has 0 radical (unpaired) electrons. The summed E-state index contributed by atoms with van der Waals surface area (Å²) in [5, 5.41) is 4.78. The lowest BCUT2D eigenvalue weighted by molar-refractivity contribution is 0.281. The van der Waals surface area contributed by atoms with Crippen molar-refractivity contribution in [2.45, 2.75) is 12.0 Å². The molecule has 5 heteroatoms. The highest BCUT2D eigenvalue weighted by Gasteiger charge is 2.43. The first-order valence-electron chi connectivity index (χ1n) is 20.3. The highest BCUT2D eigenvalue weighted by atomic mass is 32.1. The van der Waals surface area contributed by atoms with E-state index in [2.05, 4.69) is 194 Å². The minimum Gasteiger partial charge on any atom is -0.484 e. The molecule has 2 unspecified atom stereocenters. The van der Waals surface area contributed by atoms with Crippen LogP contribution in [-0.4, -0.2) is 21.1 Å². The molecule has 0 saturated carbocycles. The minimum absolute atomic E-state index is 0.143. The van der Waals surface area contributed by atoms with Crippen LogP contribution in [0.15, 0.2) is 200 Å². The number of rotatable bonds is 6. The molecular formula is C55H35N3OS. The highest BCUT2D eigenvalue weighted by molar-refractivity contribution is 7.25. The van der Waals surface area contributed by atoms with Crippen molar-refractivity contribution < 1.29 is 4.74 Å². The zero-order valence-corrected chi connectivity index (χ0v) is 33.2. The van der Waals surface area contributed by atoms with Crippen LogP contribution in [0.4, 0.5) is 0 Å². The molecule has 1 aliphatic carbocycles. The quantitative estimate of drug-likeness (QED) is 0.168. The van der Waals surface area contributed by atoms with E-state index in [1.807, 2.05) is 6.07 Å². The van der Waals surface area contributed by atoms with Crippen LogP contribution >= 0.6 is 11.3 Å². The van der Waals surface area contributed by atoms with E-state index < -0.39 is 0 Å². The van der Waals surface area contributed by atoms with Gasteiger partial charge in [-0.2, -0.15) is 0 Å². The van der Waals surface area contributed by atoms with Crippen molar-refractivity contribution >= 4 is 53.4 Å². The molecule has 0 fully saturated rings. The van der Waals surface area contributed by atoms with Crippen LogP contribution in [0.5, 0.6) is 5.75 Å². The molecule has 2 atom stereocenters. The molecule has 0 bridgehead atoms. The van der Waals surface area contributed by atoms with E-state index in [-0.39, 0.29) is 12.0 Å². The molecule has 2 aromatic heterocycles. The Labute approximate surface area is 351 Å². The van der Waals surface area contributed by atoms with Gasteiger partial charge in [-0.25, -0.2) is 15.0 Å². The largest absolute Gasteiger partial charge is 0.484 e. The average Bonchev–Trinajstić information content (AvgIpc) is 3.91. The molecule has 282 valence electrons. The summed E-state index contributed by atoms with van der Waals surface area (Å²) < 4.78 is 9.44. The Morgan fingerprint density at radius 1 is 0.383 bits per heavy atom. The minimum atomic E-state index is -0.286. The van der Waals surface area contributed by atoms with Crippen LogP contribution < -0.4 is 4.74 Å². The van der Waals surface area contributed by atoms with Gasteiger partial charge in [-0.15, -0.1) is 11.3 Å². The lowest BCUT2D eigenvalue weighted by Crippen LogP contribution is -2.25. The SMILES string of the molecule is C1=C(c2ccc(-c3ccccc3)c3ccccc23)C2Oc3ccccc3C2C(c2nc(-c3ccc(-c4ccccc4)cc3)nc(-c3cccc4sc5ccccc5c34)n2)=C1. The van der Waals surface area contributed by atoms with E-state index in [0.717, 1.165) is 44.7 Å². The lowest BCUT2D eigenvalue weighted by atomic mass is 9.77. The number of hydrogen-bond donors (Lipinski definition) is 0. The summed E-state index contributed by atoms with van der Waals surface area (Å²) in [6.07, 6.45) is 4.17. The van der Waals surface area contributed by atoms with Crippen molar-refractivity contribution in [3.05, 3.63) is 217 Å². The molecule has 60 heavy (non-hydrogen) atoms. The van der Waals surface area contributed by atoms with Gasteiger partial charge in [-0.3, -0.25) is 0 Å². The molecule has 1 aliphatic heterocycles. The summed E-state index contributed by atoms with van der Waals surface area (Å²) in [5.41, 5.74) is 11.1. The summed E-state index contributed by atoms with van der Waals surface area (Å²) in [5.74, 6) is 2.67. The number of hydrogen-bond acceptors (Lipinski definition) is 5. The Bertz CT molecular complexity index is 3350. The zero-order chi connectivity index (χ0) is 39.6. The van der Waals surface area contributed by atoms with E-state index in [9.17, 15) is 0 Å². The molecule has 10 aromatic rings. The van der Waals surface area contributed by atoms with E-state index in [4.69, 9.17) is 19.7 Å². The van der Waals surface area contributed by atoms with Crippen molar-refractivity contribution in [2.75, 3.05) is 0 Å². The molecule has 0 N–H and O–H groups in total. The molecule has 2 aliphatic rings. The van der Waals surface area contributed by atoms with Crippen LogP contribution in [0.25, 0.3) is 87.1 Å². The summed E-state index contributed by atoms with van der Waals surface area (Å²) >= 11 is 1.80.